The molecule has 0 radical (unpaired) electrons. The highest BCUT2D eigenvalue weighted by molar-refractivity contribution is 5.84. The molecular weight excluding hydrogens is 658 g/mol. The second-order valence-corrected chi connectivity index (χ2v) is 15.6. The van der Waals surface area contributed by atoms with Crippen molar-refractivity contribution in [2.75, 3.05) is 39.5 Å². The lowest BCUT2D eigenvalue weighted by Gasteiger charge is -2.59. The van der Waals surface area contributed by atoms with E-state index in [2.05, 4.69) is 40.9 Å². The molecule has 0 bridgehead atoms. The lowest BCUT2D eigenvalue weighted by atomic mass is 9.46. The molecule has 14 heteroatoms. The normalized spacial score (nSPS) is 34.1. The zero-order valence-electron chi connectivity index (χ0n) is 30.0. The quantitative estimate of drug-likeness (QED) is 0.0930. The summed E-state index contributed by atoms with van der Waals surface area (Å²) in [4.78, 5) is 43.5. The fourth-order valence-corrected chi connectivity index (χ4v) is 10.3. The molecule has 1 aromatic rings. The van der Waals surface area contributed by atoms with Crippen molar-refractivity contribution in [1.29, 1.82) is 0 Å². The van der Waals surface area contributed by atoms with Crippen molar-refractivity contribution in [2.24, 2.45) is 34.5 Å². The molecule has 3 saturated carbocycles. The number of β-amino-alcohol motifs (C(OH)–C–C–N with tert-alkyl or cyclic N) is 1. The number of nitrogens with one attached hydrogen (secondary N) is 1. The summed E-state index contributed by atoms with van der Waals surface area (Å²) in [5.41, 5.74) is -0.485. The van der Waals surface area contributed by atoms with Gasteiger partial charge in [0, 0.05) is 29.8 Å². The molecule has 2 heterocycles. The summed E-state index contributed by atoms with van der Waals surface area (Å²) in [6, 6.07) is 0. The van der Waals surface area contributed by atoms with Crippen LogP contribution in [0.25, 0.3) is 0 Å². The number of nitrogens with zero attached hydrogens (tertiary/aromatic N) is 4. The van der Waals surface area contributed by atoms with Gasteiger partial charge in [-0.15, -0.1) is 0 Å². The molecule has 5 aliphatic rings. The zero-order valence-corrected chi connectivity index (χ0v) is 30.0. The number of rotatable bonds is 12. The third-order valence-electron chi connectivity index (χ3n) is 12.7. The third-order valence-corrected chi connectivity index (χ3v) is 12.7. The van der Waals surface area contributed by atoms with Crippen LogP contribution >= 0.6 is 0 Å². The Bertz CT molecular complexity index is 1550. The molecule has 4 fully saturated rings. The van der Waals surface area contributed by atoms with Crippen LogP contribution in [0.5, 0.6) is 0 Å². The minimum absolute atomic E-state index is 0.0242. The van der Waals surface area contributed by atoms with Gasteiger partial charge in [-0.25, -0.2) is 14.2 Å². The van der Waals surface area contributed by atoms with Gasteiger partial charge >= 0.3 is 18.1 Å². The van der Waals surface area contributed by atoms with E-state index in [0.29, 0.717) is 38.3 Å². The molecular formula is C37H53N5O9. The van der Waals surface area contributed by atoms with Crippen molar-refractivity contribution in [3.8, 4) is 0 Å². The van der Waals surface area contributed by atoms with Gasteiger partial charge in [-0.2, -0.15) is 0 Å². The lowest BCUT2D eigenvalue weighted by molar-refractivity contribution is -0.397. The van der Waals surface area contributed by atoms with E-state index in [1.54, 1.807) is 6.92 Å². The SMILES string of the molecule is C=C1C=C[C@]2(C)C(=C1)CC[C@H]1C2[C@H](O)C[C@]2(C)C1CCC2(OC(=O)OCC)C(=O)OCNCC1CCN(CC(O)Cn2ccnc2[N+](=O)[O-])CC1. The predicted molar refractivity (Wildman–Crippen MR) is 186 cm³/mol. The van der Waals surface area contributed by atoms with Crippen molar-refractivity contribution < 1.29 is 38.9 Å². The molecule has 4 unspecified atom stereocenters. The number of hydrogen-bond donors (Lipinski definition) is 3. The number of imidazole rings is 1. The number of hydrogen-bond acceptors (Lipinski definition) is 12. The van der Waals surface area contributed by atoms with Gasteiger partial charge in [0.1, 0.15) is 19.1 Å². The van der Waals surface area contributed by atoms with Gasteiger partial charge in [0.2, 0.25) is 5.60 Å². The fourth-order valence-electron chi connectivity index (χ4n) is 10.3. The number of carbonyl (C=O) groups excluding carboxylic acids is 2. The summed E-state index contributed by atoms with van der Waals surface area (Å²) in [5.74, 6) is -0.430. The van der Waals surface area contributed by atoms with Gasteiger partial charge in [0.25, 0.3) is 0 Å². The highest BCUT2D eigenvalue weighted by Gasteiger charge is 2.71. The van der Waals surface area contributed by atoms with Crippen LogP contribution in [0.4, 0.5) is 10.7 Å². The minimum atomic E-state index is -1.59. The second kappa shape index (κ2) is 14.8. The molecule has 4 aliphatic carbocycles. The summed E-state index contributed by atoms with van der Waals surface area (Å²) >= 11 is 0. The largest absolute Gasteiger partial charge is 0.509 e. The number of likely N-dealkylation sites (tertiary alicyclic amines) is 1. The number of fused-ring (bicyclic) bond motifs is 5. The third kappa shape index (κ3) is 6.99. The maximum Gasteiger partial charge on any atom is 0.509 e. The first-order valence-electron chi connectivity index (χ1n) is 18.4. The van der Waals surface area contributed by atoms with Crippen LogP contribution in [0.15, 0.2) is 48.3 Å². The number of aliphatic hydroxyl groups excluding tert-OH is 2. The van der Waals surface area contributed by atoms with Gasteiger partial charge in [0.15, 0.2) is 0 Å². The van der Waals surface area contributed by atoms with Crippen LogP contribution in [0.1, 0.15) is 65.7 Å². The standard InChI is InChI=1S/C37H53N5O9/c1-5-49-34(46)51-37(13-9-29-28-7-6-26-18-24(2)8-12-35(26,3)31(28)30(44)19-36(29,37)4)32(45)50-23-38-20-25-10-15-40(16-11-25)21-27(43)22-41-17-14-39-33(41)42(47)48/h8,12,14,17-18,25,27-31,38,43-44H,2,5-7,9-11,13,15-16,19-23H2,1,3-4H3/t27?,28-,29?,30-,31?,35-,36-,37?/m1/s1. The molecule has 6 rings (SSSR count). The van der Waals surface area contributed by atoms with E-state index in [1.165, 1.54) is 22.5 Å². The molecule has 14 nitrogen and oxygen atoms in total. The molecule has 1 aliphatic heterocycles. The molecule has 1 saturated heterocycles. The van der Waals surface area contributed by atoms with E-state index in [-0.39, 0.29) is 49.0 Å². The van der Waals surface area contributed by atoms with Crippen LogP contribution in [0.2, 0.25) is 0 Å². The Balaban J connectivity index is 1.04. The molecule has 0 aromatic carbocycles. The average Bonchev–Trinajstić information content (AvgIpc) is 3.66. The first kappa shape index (κ1) is 37.2. The van der Waals surface area contributed by atoms with Crippen molar-refractivity contribution in [3.05, 3.63) is 58.5 Å². The van der Waals surface area contributed by atoms with Gasteiger partial charge < -0.3 is 39.4 Å². The van der Waals surface area contributed by atoms with E-state index >= 15 is 0 Å². The van der Waals surface area contributed by atoms with E-state index in [4.69, 9.17) is 14.2 Å². The Morgan fingerprint density at radius 3 is 2.69 bits per heavy atom. The van der Waals surface area contributed by atoms with Crippen LogP contribution in [0.3, 0.4) is 0 Å². The van der Waals surface area contributed by atoms with Crippen LogP contribution in [0, 0.1) is 44.6 Å². The van der Waals surface area contributed by atoms with Gasteiger partial charge in [-0.05, 0) is 93.2 Å². The Hall–Kier alpha value is -3.59. The maximum absolute atomic E-state index is 14.1. The number of piperidine rings is 1. The van der Waals surface area contributed by atoms with Gasteiger partial charge in [-0.1, -0.05) is 49.2 Å². The topological polar surface area (TPSA) is 179 Å². The summed E-state index contributed by atoms with van der Waals surface area (Å²) in [7, 11) is 0. The predicted octanol–water partition coefficient (Wildman–Crippen LogP) is 4.13. The molecule has 0 amide bonds. The first-order chi connectivity index (χ1) is 24.3. The monoisotopic (exact) mass is 711 g/mol. The summed E-state index contributed by atoms with van der Waals surface area (Å²) in [5, 5.41) is 36.8. The molecule has 8 atom stereocenters. The van der Waals surface area contributed by atoms with Crippen LogP contribution < -0.4 is 5.32 Å². The van der Waals surface area contributed by atoms with Crippen molar-refractivity contribution >= 4 is 18.1 Å². The Morgan fingerprint density at radius 2 is 1.96 bits per heavy atom. The number of esters is 1. The first-order valence-corrected chi connectivity index (χ1v) is 18.4. The highest BCUT2D eigenvalue weighted by atomic mass is 16.7. The number of carbonyl (C=O) groups is 2. The second-order valence-electron chi connectivity index (χ2n) is 15.6. The smallest absolute Gasteiger partial charge is 0.447 e. The maximum atomic E-state index is 14.1. The van der Waals surface area contributed by atoms with Crippen molar-refractivity contribution in [2.45, 2.75) is 90.1 Å². The van der Waals surface area contributed by atoms with Crippen molar-refractivity contribution in [3.63, 3.8) is 0 Å². The Labute approximate surface area is 299 Å². The van der Waals surface area contributed by atoms with E-state index in [9.17, 15) is 29.9 Å². The summed E-state index contributed by atoms with van der Waals surface area (Å²) in [6.07, 6.45) is 11.6. The molecule has 51 heavy (non-hydrogen) atoms. The Kier molecular flexibility index (Phi) is 10.8. The van der Waals surface area contributed by atoms with Crippen molar-refractivity contribution in [1.82, 2.24) is 19.8 Å². The average molecular weight is 712 g/mol. The highest BCUT2D eigenvalue weighted by Crippen LogP contribution is 2.68. The molecule has 0 spiro atoms. The number of aromatic nitrogens is 2. The lowest BCUT2D eigenvalue weighted by Crippen LogP contribution is -2.63. The molecule has 280 valence electrons. The molecule has 1 aromatic heterocycles. The zero-order chi connectivity index (χ0) is 36.6. The number of allylic oxidation sites excluding steroid dienone is 5. The Morgan fingerprint density at radius 1 is 1.20 bits per heavy atom. The van der Waals surface area contributed by atoms with Crippen LogP contribution in [-0.4, -0.2) is 99.0 Å². The minimum Gasteiger partial charge on any atom is -0.447 e. The number of nitro groups is 1. The van der Waals surface area contributed by atoms with Crippen LogP contribution in [-0.2, 0) is 25.5 Å². The number of ether oxygens (including phenoxy) is 3. The fraction of sp³-hybridized carbons (Fsp3) is 0.703. The van der Waals surface area contributed by atoms with E-state index in [1.807, 2.05) is 13.0 Å². The summed E-state index contributed by atoms with van der Waals surface area (Å²) < 4.78 is 18.4. The van der Waals surface area contributed by atoms with E-state index < -0.39 is 40.3 Å². The number of aliphatic hydroxyl groups is 2. The van der Waals surface area contributed by atoms with E-state index in [0.717, 1.165) is 44.3 Å². The van der Waals surface area contributed by atoms with Gasteiger partial charge in [0.05, 0.1) is 25.4 Å². The molecule has 3 N–H and O–H groups in total. The summed E-state index contributed by atoms with van der Waals surface area (Å²) in [6.45, 7) is 12.7. The van der Waals surface area contributed by atoms with Gasteiger partial charge in [-0.3, -0.25) is 5.32 Å².